The van der Waals surface area contributed by atoms with Crippen LogP contribution in [-0.2, 0) is 22.6 Å². The predicted octanol–water partition coefficient (Wildman–Crippen LogP) is 3.01. The molecule has 168 valence electrons. The number of aromatic nitrogens is 2. The van der Waals surface area contributed by atoms with Crippen molar-refractivity contribution in [2.24, 2.45) is 0 Å². The van der Waals surface area contributed by atoms with Crippen molar-refractivity contribution in [1.82, 2.24) is 14.9 Å². The number of carbonyl (C=O) groups is 2. The van der Waals surface area contributed by atoms with Crippen molar-refractivity contribution in [2.45, 2.75) is 38.8 Å². The molecule has 0 saturated heterocycles. The van der Waals surface area contributed by atoms with Crippen molar-refractivity contribution in [1.29, 1.82) is 0 Å². The van der Waals surface area contributed by atoms with Gasteiger partial charge in [-0.05, 0) is 42.7 Å². The summed E-state index contributed by atoms with van der Waals surface area (Å²) in [5.41, 5.74) is 0.436. The zero-order valence-electron chi connectivity index (χ0n) is 17.7. The lowest BCUT2D eigenvalue weighted by Gasteiger charge is -2.08. The van der Waals surface area contributed by atoms with Gasteiger partial charge < -0.3 is 15.0 Å². The molecule has 0 atom stereocenters. The second kappa shape index (κ2) is 10.8. The molecule has 0 aliphatic rings. The molecule has 1 heterocycles. The number of halogens is 1. The number of ether oxygens (including phenoxy) is 1. The van der Waals surface area contributed by atoms with Crippen LogP contribution in [0.25, 0.3) is 10.9 Å². The van der Waals surface area contributed by atoms with E-state index in [1.54, 1.807) is 6.07 Å². The average Bonchev–Trinajstić information content (AvgIpc) is 2.79. The van der Waals surface area contributed by atoms with E-state index >= 15 is 0 Å². The number of hydrogen-bond acceptors (Lipinski definition) is 5. The summed E-state index contributed by atoms with van der Waals surface area (Å²) in [5.74, 6) is -0.625. The molecule has 32 heavy (non-hydrogen) atoms. The van der Waals surface area contributed by atoms with E-state index in [1.807, 2.05) is 18.2 Å². The summed E-state index contributed by atoms with van der Waals surface area (Å²) in [6.45, 7) is 0.613. The summed E-state index contributed by atoms with van der Waals surface area (Å²) in [6.07, 6.45) is 2.25. The molecule has 2 aromatic carbocycles. The van der Waals surface area contributed by atoms with Gasteiger partial charge in [0.15, 0.2) is 0 Å². The van der Waals surface area contributed by atoms with E-state index in [0.717, 1.165) is 10.1 Å². The summed E-state index contributed by atoms with van der Waals surface area (Å²) in [7, 11) is 1.26. The standard InChI is InChI=1S/C23H24ClN3O5/c1-32-22(30)15-10-11-17-19(13-15)26-23(31)27(21(17)29)12-6-2-3-9-20(28)25-14-16-7-4-5-8-18(16)24/h4-5,7-8,10-11,13H,2-3,6,9,12,14H2,1H3,(H,25,28)(H,26,31). The van der Waals surface area contributed by atoms with Crippen LogP contribution in [0.5, 0.6) is 0 Å². The third kappa shape index (κ3) is 5.64. The first-order valence-corrected chi connectivity index (χ1v) is 10.6. The monoisotopic (exact) mass is 457 g/mol. The molecule has 1 amide bonds. The topological polar surface area (TPSA) is 110 Å². The summed E-state index contributed by atoms with van der Waals surface area (Å²) in [4.78, 5) is 51.3. The number of H-pyrrole nitrogens is 1. The van der Waals surface area contributed by atoms with E-state index in [-0.39, 0.29) is 23.5 Å². The molecule has 8 nitrogen and oxygen atoms in total. The highest BCUT2D eigenvalue weighted by atomic mass is 35.5. The molecule has 3 rings (SSSR count). The number of aromatic amines is 1. The van der Waals surface area contributed by atoms with Crippen LogP contribution < -0.4 is 16.6 Å². The number of amides is 1. The van der Waals surface area contributed by atoms with Gasteiger partial charge in [-0.2, -0.15) is 0 Å². The molecule has 1 aromatic heterocycles. The van der Waals surface area contributed by atoms with Crippen molar-refractivity contribution in [2.75, 3.05) is 7.11 Å². The van der Waals surface area contributed by atoms with E-state index < -0.39 is 17.2 Å². The van der Waals surface area contributed by atoms with Crippen molar-refractivity contribution >= 4 is 34.4 Å². The number of fused-ring (bicyclic) bond motifs is 1. The van der Waals surface area contributed by atoms with Gasteiger partial charge in [0.05, 0.1) is 23.6 Å². The number of rotatable bonds is 9. The first kappa shape index (κ1) is 23.3. The zero-order chi connectivity index (χ0) is 23.1. The number of methoxy groups -OCH3 is 1. The molecule has 0 aliphatic carbocycles. The number of nitrogens with zero attached hydrogens (tertiary/aromatic N) is 1. The highest BCUT2D eigenvalue weighted by Gasteiger charge is 2.11. The highest BCUT2D eigenvalue weighted by molar-refractivity contribution is 6.31. The third-order valence-electron chi connectivity index (χ3n) is 5.12. The summed E-state index contributed by atoms with van der Waals surface area (Å²) >= 11 is 6.07. The van der Waals surface area contributed by atoms with Crippen molar-refractivity contribution in [3.8, 4) is 0 Å². The van der Waals surface area contributed by atoms with Crippen molar-refractivity contribution in [3.05, 3.63) is 79.5 Å². The van der Waals surface area contributed by atoms with Crippen LogP contribution in [0.3, 0.4) is 0 Å². The van der Waals surface area contributed by atoms with Crippen LogP contribution in [0, 0.1) is 0 Å². The van der Waals surface area contributed by atoms with Gasteiger partial charge in [0.2, 0.25) is 5.91 Å². The van der Waals surface area contributed by atoms with Gasteiger partial charge >= 0.3 is 11.7 Å². The molecule has 0 radical (unpaired) electrons. The lowest BCUT2D eigenvalue weighted by molar-refractivity contribution is -0.121. The van der Waals surface area contributed by atoms with E-state index in [0.29, 0.717) is 42.6 Å². The molecule has 2 N–H and O–H groups in total. The van der Waals surface area contributed by atoms with Gasteiger partial charge in [-0.25, -0.2) is 9.59 Å². The molecule has 9 heteroatoms. The van der Waals surface area contributed by atoms with E-state index in [4.69, 9.17) is 11.6 Å². The van der Waals surface area contributed by atoms with Crippen LogP contribution in [0.4, 0.5) is 0 Å². The molecule has 0 bridgehead atoms. The van der Waals surface area contributed by atoms with E-state index in [2.05, 4.69) is 15.0 Å². The molecule has 0 aliphatic heterocycles. The summed E-state index contributed by atoms with van der Waals surface area (Å²) in [6, 6.07) is 11.7. The van der Waals surface area contributed by atoms with E-state index in [9.17, 15) is 19.2 Å². The third-order valence-corrected chi connectivity index (χ3v) is 5.49. The van der Waals surface area contributed by atoms with Gasteiger partial charge in [-0.15, -0.1) is 0 Å². The summed E-state index contributed by atoms with van der Waals surface area (Å²) < 4.78 is 5.79. The maximum absolute atomic E-state index is 12.7. The predicted molar refractivity (Wildman–Crippen MR) is 122 cm³/mol. The number of esters is 1. The maximum atomic E-state index is 12.7. The van der Waals surface area contributed by atoms with Crippen LogP contribution >= 0.6 is 11.6 Å². The van der Waals surface area contributed by atoms with Crippen LogP contribution in [0.2, 0.25) is 5.02 Å². The number of benzene rings is 2. The SMILES string of the molecule is COC(=O)c1ccc2c(=O)n(CCCCCC(=O)NCc3ccccc3Cl)c(=O)[nH]c2c1. The fourth-order valence-corrected chi connectivity index (χ4v) is 3.56. The Labute approximate surface area is 189 Å². The molecular weight excluding hydrogens is 434 g/mol. The Morgan fingerprint density at radius 1 is 1.09 bits per heavy atom. The summed E-state index contributed by atoms with van der Waals surface area (Å²) in [5, 5.41) is 3.76. The smallest absolute Gasteiger partial charge is 0.337 e. The minimum Gasteiger partial charge on any atom is -0.465 e. The fraction of sp³-hybridized carbons (Fsp3) is 0.304. The number of nitrogens with one attached hydrogen (secondary N) is 2. The Morgan fingerprint density at radius 3 is 2.62 bits per heavy atom. The lowest BCUT2D eigenvalue weighted by Crippen LogP contribution is -2.35. The number of carbonyl (C=O) groups excluding carboxylic acids is 2. The van der Waals surface area contributed by atoms with Crippen LogP contribution in [0.1, 0.15) is 41.6 Å². The second-order valence-corrected chi connectivity index (χ2v) is 7.72. The van der Waals surface area contributed by atoms with Gasteiger partial charge in [0, 0.05) is 24.5 Å². The minimum absolute atomic E-state index is 0.0768. The largest absolute Gasteiger partial charge is 0.465 e. The highest BCUT2D eigenvalue weighted by Crippen LogP contribution is 2.14. The molecule has 3 aromatic rings. The first-order valence-electron chi connectivity index (χ1n) is 10.3. The fourth-order valence-electron chi connectivity index (χ4n) is 3.36. The van der Waals surface area contributed by atoms with Crippen LogP contribution in [0.15, 0.2) is 52.1 Å². The number of hydrogen-bond donors (Lipinski definition) is 2. The normalized spacial score (nSPS) is 10.8. The van der Waals surface area contributed by atoms with Gasteiger partial charge in [0.1, 0.15) is 0 Å². The molecule has 0 saturated carbocycles. The maximum Gasteiger partial charge on any atom is 0.337 e. The molecule has 0 unspecified atom stereocenters. The van der Waals surface area contributed by atoms with Crippen LogP contribution in [-0.4, -0.2) is 28.5 Å². The Bertz CT molecular complexity index is 1250. The quantitative estimate of drug-likeness (QED) is 0.379. The van der Waals surface area contributed by atoms with Crippen molar-refractivity contribution in [3.63, 3.8) is 0 Å². The molecule has 0 fully saturated rings. The lowest BCUT2D eigenvalue weighted by atomic mass is 10.1. The Kier molecular flexibility index (Phi) is 7.83. The molecular formula is C23H24ClN3O5. The van der Waals surface area contributed by atoms with Gasteiger partial charge in [-0.3, -0.25) is 14.2 Å². The Hall–Kier alpha value is -3.39. The number of unbranched alkanes of at least 4 members (excludes halogenated alkanes) is 2. The van der Waals surface area contributed by atoms with E-state index in [1.165, 1.54) is 25.3 Å². The van der Waals surface area contributed by atoms with Gasteiger partial charge in [-0.1, -0.05) is 36.2 Å². The average molecular weight is 458 g/mol. The molecule has 0 spiro atoms. The van der Waals surface area contributed by atoms with Gasteiger partial charge in [0.25, 0.3) is 5.56 Å². The minimum atomic E-state index is -0.548. The first-order chi connectivity index (χ1) is 15.4. The second-order valence-electron chi connectivity index (χ2n) is 7.32. The van der Waals surface area contributed by atoms with Crippen molar-refractivity contribution < 1.29 is 14.3 Å². The Balaban J connectivity index is 1.51. The zero-order valence-corrected chi connectivity index (χ0v) is 18.4. The Morgan fingerprint density at radius 2 is 1.88 bits per heavy atom.